The van der Waals surface area contributed by atoms with Gasteiger partial charge in [-0.2, -0.15) is 0 Å². The van der Waals surface area contributed by atoms with Crippen molar-refractivity contribution in [1.82, 2.24) is 19.5 Å². The summed E-state index contributed by atoms with van der Waals surface area (Å²) >= 11 is 0. The number of hydrogen-bond donors (Lipinski definition) is 0. The molecule has 0 saturated carbocycles. The maximum absolute atomic E-state index is 6.67. The summed E-state index contributed by atoms with van der Waals surface area (Å²) in [6, 6.07) is 62.9. The van der Waals surface area contributed by atoms with E-state index in [4.69, 9.17) is 23.8 Å². The molecule has 6 heteroatoms. The largest absolute Gasteiger partial charge is 0.456 e. The smallest absolute Gasteiger partial charge is 0.167 e. The normalized spacial score (nSPS) is 11.9. The molecule has 4 aromatic heterocycles. The van der Waals surface area contributed by atoms with Gasteiger partial charge in [-0.1, -0.05) is 115 Å². The van der Waals surface area contributed by atoms with Crippen LogP contribution in [-0.2, 0) is 0 Å². The zero-order chi connectivity index (χ0) is 37.5. The summed E-state index contributed by atoms with van der Waals surface area (Å²) in [6.45, 7) is 0. The van der Waals surface area contributed by atoms with Crippen molar-refractivity contribution in [3.63, 3.8) is 0 Å². The minimum Gasteiger partial charge on any atom is -0.456 e. The van der Waals surface area contributed by atoms with Gasteiger partial charge in [-0.3, -0.25) is 0 Å². The van der Waals surface area contributed by atoms with Crippen LogP contribution in [0, 0.1) is 0 Å². The highest BCUT2D eigenvalue weighted by molar-refractivity contribution is 6.12. The number of nitrogens with zero attached hydrogens (tertiary/aromatic N) is 4. The third kappa shape index (κ3) is 5.01. The van der Waals surface area contributed by atoms with Gasteiger partial charge in [-0.25, -0.2) is 15.0 Å². The Hall–Kier alpha value is -7.83. The molecule has 0 aliphatic rings. The van der Waals surface area contributed by atoms with E-state index in [2.05, 4.69) is 126 Å². The summed E-state index contributed by atoms with van der Waals surface area (Å²) in [7, 11) is 0. The lowest BCUT2D eigenvalue weighted by Crippen LogP contribution is -2.00. The molecule has 4 heterocycles. The molecule has 0 fully saturated rings. The molecule has 0 N–H and O–H groups in total. The second-order valence-corrected chi connectivity index (χ2v) is 14.4. The molecule has 0 atom stereocenters. The van der Waals surface area contributed by atoms with Gasteiger partial charge in [0.2, 0.25) is 0 Å². The summed E-state index contributed by atoms with van der Waals surface area (Å²) in [5.41, 5.74) is 11.5. The minimum absolute atomic E-state index is 0.536. The van der Waals surface area contributed by atoms with Crippen molar-refractivity contribution < 1.29 is 8.83 Å². The van der Waals surface area contributed by atoms with E-state index in [-0.39, 0.29) is 0 Å². The third-order valence-corrected chi connectivity index (χ3v) is 11.1. The van der Waals surface area contributed by atoms with Crippen molar-refractivity contribution in [2.24, 2.45) is 0 Å². The molecule has 0 spiro atoms. The number of hydrogen-bond acceptors (Lipinski definition) is 5. The third-order valence-electron chi connectivity index (χ3n) is 11.1. The highest BCUT2D eigenvalue weighted by Crippen LogP contribution is 2.40. The first-order valence-electron chi connectivity index (χ1n) is 19.0. The van der Waals surface area contributed by atoms with E-state index in [0.717, 1.165) is 77.4 Å². The van der Waals surface area contributed by atoms with Gasteiger partial charge in [0.15, 0.2) is 17.5 Å². The van der Waals surface area contributed by atoms with Crippen molar-refractivity contribution in [3.8, 4) is 51.0 Å². The molecule has 57 heavy (non-hydrogen) atoms. The van der Waals surface area contributed by atoms with Gasteiger partial charge >= 0.3 is 0 Å². The first-order chi connectivity index (χ1) is 28.2. The van der Waals surface area contributed by atoms with Crippen LogP contribution in [0.3, 0.4) is 0 Å². The first kappa shape index (κ1) is 31.5. The van der Waals surface area contributed by atoms with Crippen LogP contribution in [-0.4, -0.2) is 19.5 Å². The molecule has 0 aliphatic carbocycles. The van der Waals surface area contributed by atoms with Gasteiger partial charge in [0.1, 0.15) is 22.3 Å². The van der Waals surface area contributed by atoms with E-state index < -0.39 is 0 Å². The predicted molar refractivity (Wildman–Crippen MR) is 230 cm³/mol. The molecular weight excluding hydrogens is 701 g/mol. The zero-order valence-corrected chi connectivity index (χ0v) is 30.4. The fraction of sp³-hybridized carbons (Fsp3) is 0. The van der Waals surface area contributed by atoms with E-state index in [9.17, 15) is 0 Å². The molecule has 6 nitrogen and oxygen atoms in total. The number of rotatable bonds is 5. The van der Waals surface area contributed by atoms with E-state index >= 15 is 0 Å². The van der Waals surface area contributed by atoms with Crippen LogP contribution in [0.15, 0.2) is 191 Å². The van der Waals surface area contributed by atoms with Crippen LogP contribution in [0.2, 0.25) is 0 Å². The lowest BCUT2D eigenvalue weighted by molar-refractivity contribution is 0.668. The Kier molecular flexibility index (Phi) is 6.83. The van der Waals surface area contributed by atoms with Gasteiger partial charge < -0.3 is 13.4 Å². The molecule has 0 amide bonds. The van der Waals surface area contributed by atoms with E-state index in [0.29, 0.717) is 17.5 Å². The quantitative estimate of drug-likeness (QED) is 0.176. The van der Waals surface area contributed by atoms with Gasteiger partial charge in [0.05, 0.1) is 16.6 Å². The molecule has 0 unspecified atom stereocenters. The van der Waals surface area contributed by atoms with Gasteiger partial charge in [0, 0.05) is 49.1 Å². The molecule has 12 aromatic rings. The highest BCUT2D eigenvalue weighted by atomic mass is 16.3. The summed E-state index contributed by atoms with van der Waals surface area (Å²) in [4.78, 5) is 15.1. The van der Waals surface area contributed by atoms with Crippen molar-refractivity contribution in [2.45, 2.75) is 0 Å². The Labute approximate surface area is 325 Å². The number of fused-ring (bicyclic) bond motifs is 9. The Bertz CT molecular complexity index is 3530. The second-order valence-electron chi connectivity index (χ2n) is 14.4. The Balaban J connectivity index is 1.000. The molecule has 0 saturated heterocycles. The average molecular weight is 731 g/mol. The number of aromatic nitrogens is 4. The van der Waals surface area contributed by atoms with Crippen LogP contribution in [0.5, 0.6) is 0 Å². The second kappa shape index (κ2) is 12.3. The summed E-state index contributed by atoms with van der Waals surface area (Å²) in [5, 5.41) is 6.60. The topological polar surface area (TPSA) is 69.9 Å². The molecule has 8 aromatic carbocycles. The Morgan fingerprint density at radius 1 is 0.333 bits per heavy atom. The van der Waals surface area contributed by atoms with Gasteiger partial charge in [0.25, 0.3) is 0 Å². The maximum Gasteiger partial charge on any atom is 0.167 e. The summed E-state index contributed by atoms with van der Waals surface area (Å²) < 4.78 is 15.3. The molecular formula is C51H30N4O2. The maximum atomic E-state index is 6.67. The average Bonchev–Trinajstić information content (AvgIpc) is 3.95. The Morgan fingerprint density at radius 2 is 0.947 bits per heavy atom. The monoisotopic (exact) mass is 730 g/mol. The lowest BCUT2D eigenvalue weighted by atomic mass is 10.00. The van der Waals surface area contributed by atoms with Crippen molar-refractivity contribution in [2.75, 3.05) is 0 Å². The molecule has 0 radical (unpaired) electrons. The summed E-state index contributed by atoms with van der Waals surface area (Å²) in [6.07, 6.45) is 0. The molecule has 12 rings (SSSR count). The lowest BCUT2D eigenvalue weighted by Gasteiger charge is -2.09. The van der Waals surface area contributed by atoms with E-state index in [1.807, 2.05) is 60.7 Å². The highest BCUT2D eigenvalue weighted by Gasteiger charge is 2.20. The minimum atomic E-state index is 0.536. The SMILES string of the molecule is c1ccc(-c2nc(-c3ccc4c(c3)oc3ccccc34)nc(-c3cccc4c3oc3ccc(-c5ccc6c(c5)c5ccccc5n6-c5ccccc5)cc34)n2)cc1. The van der Waals surface area contributed by atoms with Crippen molar-refractivity contribution >= 4 is 65.7 Å². The van der Waals surface area contributed by atoms with Gasteiger partial charge in [-0.05, 0) is 77.9 Å². The number of benzene rings is 8. The van der Waals surface area contributed by atoms with Crippen LogP contribution < -0.4 is 0 Å². The zero-order valence-electron chi connectivity index (χ0n) is 30.4. The fourth-order valence-electron chi connectivity index (χ4n) is 8.37. The summed E-state index contributed by atoms with van der Waals surface area (Å²) in [5.74, 6) is 1.68. The van der Waals surface area contributed by atoms with E-state index in [1.54, 1.807) is 0 Å². The van der Waals surface area contributed by atoms with Crippen LogP contribution in [0.25, 0.3) is 117 Å². The van der Waals surface area contributed by atoms with Gasteiger partial charge in [-0.15, -0.1) is 0 Å². The molecule has 266 valence electrons. The van der Waals surface area contributed by atoms with Crippen LogP contribution in [0.4, 0.5) is 0 Å². The van der Waals surface area contributed by atoms with E-state index in [1.165, 1.54) is 21.8 Å². The number of furan rings is 2. The first-order valence-corrected chi connectivity index (χ1v) is 19.0. The fourth-order valence-corrected chi connectivity index (χ4v) is 8.37. The molecule has 0 bridgehead atoms. The standard InChI is InChI=1S/C51H30N4O2/c1-3-12-31(13-4-1)49-52-50(34-22-25-38-37-17-8-10-21-45(37)56-47(38)30-34)54-51(53-49)40-19-11-18-39-42-29-33(24-27-46(42)57-48(39)40)32-23-26-44-41(28-32)36-16-7-9-20-43(36)55(44)35-14-5-2-6-15-35/h1-30H. The number of para-hydroxylation sites is 4. The van der Waals surface area contributed by atoms with Crippen LogP contribution in [0.1, 0.15) is 0 Å². The molecule has 0 aliphatic heterocycles. The predicted octanol–water partition coefficient (Wildman–Crippen LogP) is 13.4. The van der Waals surface area contributed by atoms with Crippen molar-refractivity contribution in [1.29, 1.82) is 0 Å². The Morgan fingerprint density at radius 3 is 1.81 bits per heavy atom. The van der Waals surface area contributed by atoms with Crippen LogP contribution >= 0.6 is 0 Å². The van der Waals surface area contributed by atoms with Crippen molar-refractivity contribution in [3.05, 3.63) is 182 Å².